The second-order valence-electron chi connectivity index (χ2n) is 6.27. The number of pyridine rings is 1. The highest BCUT2D eigenvalue weighted by Gasteiger charge is 2.30. The van der Waals surface area contributed by atoms with E-state index in [1.807, 2.05) is 44.2 Å². The first-order valence-corrected chi connectivity index (χ1v) is 8.14. The number of hydrogen-bond acceptors (Lipinski definition) is 4. The number of hydrogen-bond donors (Lipinski definition) is 1. The van der Waals surface area contributed by atoms with Crippen LogP contribution in [0.3, 0.4) is 0 Å². The van der Waals surface area contributed by atoms with E-state index in [2.05, 4.69) is 4.98 Å². The molecule has 5 nitrogen and oxygen atoms in total. The molecule has 1 fully saturated rings. The molecule has 1 saturated heterocycles. The molecule has 0 radical (unpaired) electrons. The van der Waals surface area contributed by atoms with Crippen LogP contribution in [-0.2, 0) is 4.74 Å². The van der Waals surface area contributed by atoms with E-state index >= 15 is 0 Å². The Balaban J connectivity index is 1.85. The summed E-state index contributed by atoms with van der Waals surface area (Å²) in [5.74, 6) is -0.0780. The van der Waals surface area contributed by atoms with Crippen LogP contribution in [0, 0.1) is 6.92 Å². The summed E-state index contributed by atoms with van der Waals surface area (Å²) in [7, 11) is 0. The first-order chi connectivity index (χ1) is 11.6. The highest BCUT2D eigenvalue weighted by Crippen LogP contribution is 2.22. The van der Waals surface area contributed by atoms with E-state index in [0.29, 0.717) is 18.7 Å². The van der Waals surface area contributed by atoms with E-state index in [-0.39, 0.29) is 24.7 Å². The number of morpholine rings is 1. The summed E-state index contributed by atoms with van der Waals surface area (Å²) in [6, 6.07) is 9.98. The van der Waals surface area contributed by atoms with Crippen molar-refractivity contribution in [1.82, 2.24) is 9.88 Å². The van der Waals surface area contributed by atoms with Gasteiger partial charge in [-0.2, -0.15) is 0 Å². The van der Waals surface area contributed by atoms with Crippen LogP contribution in [0.25, 0.3) is 11.1 Å². The number of amides is 1. The molecule has 24 heavy (non-hydrogen) atoms. The van der Waals surface area contributed by atoms with Crippen molar-refractivity contribution in [1.29, 1.82) is 0 Å². The first-order valence-electron chi connectivity index (χ1n) is 8.14. The minimum Gasteiger partial charge on any atom is -0.394 e. The third-order valence-electron chi connectivity index (χ3n) is 4.34. The smallest absolute Gasteiger partial charge is 0.255 e. The number of carbonyl (C=O) groups excluding carboxylic acids is 1. The van der Waals surface area contributed by atoms with Crippen LogP contribution in [0.5, 0.6) is 0 Å². The number of aliphatic hydroxyl groups excluding tert-OH is 1. The van der Waals surface area contributed by atoms with Crippen LogP contribution >= 0.6 is 0 Å². The highest BCUT2D eigenvalue weighted by atomic mass is 16.5. The lowest BCUT2D eigenvalue weighted by Crippen LogP contribution is -2.52. The molecule has 0 aliphatic carbocycles. The van der Waals surface area contributed by atoms with Crippen molar-refractivity contribution in [2.24, 2.45) is 0 Å². The lowest BCUT2D eigenvalue weighted by molar-refractivity contribution is -0.0667. The summed E-state index contributed by atoms with van der Waals surface area (Å²) in [5.41, 5.74) is 3.70. The third kappa shape index (κ3) is 3.47. The van der Waals surface area contributed by atoms with Gasteiger partial charge in [-0.25, -0.2) is 0 Å². The van der Waals surface area contributed by atoms with Crippen molar-refractivity contribution in [2.75, 3.05) is 19.8 Å². The Kier molecular flexibility index (Phi) is 4.92. The van der Waals surface area contributed by atoms with Gasteiger partial charge in [-0.1, -0.05) is 29.8 Å². The van der Waals surface area contributed by atoms with Crippen molar-refractivity contribution in [3.63, 3.8) is 0 Å². The molecule has 2 heterocycles. The zero-order valence-corrected chi connectivity index (χ0v) is 14.0. The van der Waals surface area contributed by atoms with E-state index < -0.39 is 0 Å². The van der Waals surface area contributed by atoms with E-state index in [1.54, 1.807) is 17.3 Å². The average Bonchev–Trinajstić information content (AvgIpc) is 2.62. The minimum atomic E-state index is -0.321. The Hall–Kier alpha value is -2.24. The highest BCUT2D eigenvalue weighted by molar-refractivity contribution is 5.95. The molecule has 5 heteroatoms. The molecule has 0 saturated carbocycles. The lowest BCUT2D eigenvalue weighted by atomic mass is 10.0. The van der Waals surface area contributed by atoms with Crippen LogP contribution in [0.1, 0.15) is 22.8 Å². The number of ether oxygens (including phenoxy) is 1. The Morgan fingerprint density at radius 1 is 1.29 bits per heavy atom. The summed E-state index contributed by atoms with van der Waals surface area (Å²) in [4.78, 5) is 18.8. The van der Waals surface area contributed by atoms with Crippen molar-refractivity contribution in [3.8, 4) is 11.1 Å². The van der Waals surface area contributed by atoms with Crippen LogP contribution in [0.4, 0.5) is 0 Å². The normalized spacial score (nSPS) is 20.9. The van der Waals surface area contributed by atoms with Gasteiger partial charge in [-0.05, 0) is 25.5 Å². The van der Waals surface area contributed by atoms with Gasteiger partial charge >= 0.3 is 0 Å². The molecule has 1 aliphatic heterocycles. The number of benzene rings is 1. The molecular formula is C19H22N2O3. The van der Waals surface area contributed by atoms with Gasteiger partial charge in [0.1, 0.15) is 0 Å². The Morgan fingerprint density at radius 3 is 2.75 bits per heavy atom. The minimum absolute atomic E-state index is 0.0247. The predicted octanol–water partition coefficient (Wildman–Crippen LogP) is 2.28. The molecule has 0 spiro atoms. The maximum atomic E-state index is 12.9. The third-order valence-corrected chi connectivity index (χ3v) is 4.34. The standard InChI is InChI=1S/C19H22N2O3/c1-13-3-5-15(6-4-13)16-7-17(9-20-8-16)19(23)21-10-18(11-22)24-12-14(21)2/h3-9,14,18,22H,10-12H2,1-2H3/t14-,18-/m0/s1. The van der Waals surface area contributed by atoms with Crippen LogP contribution in [-0.4, -0.2) is 52.8 Å². The van der Waals surface area contributed by atoms with Crippen molar-refractivity contribution in [3.05, 3.63) is 53.9 Å². The Morgan fingerprint density at radius 2 is 2.04 bits per heavy atom. The largest absolute Gasteiger partial charge is 0.394 e. The van der Waals surface area contributed by atoms with Crippen molar-refractivity contribution >= 4 is 5.91 Å². The quantitative estimate of drug-likeness (QED) is 0.940. The number of carbonyl (C=O) groups is 1. The Bertz CT molecular complexity index is 715. The summed E-state index contributed by atoms with van der Waals surface area (Å²) in [6.07, 6.45) is 3.04. The number of aryl methyl sites for hydroxylation is 1. The first kappa shape index (κ1) is 16.6. The second-order valence-corrected chi connectivity index (χ2v) is 6.27. The predicted molar refractivity (Wildman–Crippen MR) is 91.7 cm³/mol. The van der Waals surface area contributed by atoms with Gasteiger partial charge in [0.2, 0.25) is 0 Å². The molecule has 0 bridgehead atoms. The maximum absolute atomic E-state index is 12.9. The fourth-order valence-corrected chi connectivity index (χ4v) is 2.84. The number of aliphatic hydroxyl groups is 1. The molecule has 2 aromatic rings. The fourth-order valence-electron chi connectivity index (χ4n) is 2.84. The zero-order chi connectivity index (χ0) is 17.1. The number of rotatable bonds is 3. The molecule has 3 rings (SSSR count). The van der Waals surface area contributed by atoms with Gasteiger partial charge in [-0.3, -0.25) is 9.78 Å². The van der Waals surface area contributed by atoms with Crippen LogP contribution in [0.2, 0.25) is 0 Å². The molecule has 2 atom stereocenters. The van der Waals surface area contributed by atoms with Gasteiger partial charge < -0.3 is 14.7 Å². The summed E-state index contributed by atoms with van der Waals surface area (Å²) >= 11 is 0. The monoisotopic (exact) mass is 326 g/mol. The summed E-state index contributed by atoms with van der Waals surface area (Å²) in [6.45, 7) is 4.73. The summed E-state index contributed by atoms with van der Waals surface area (Å²) in [5, 5.41) is 9.29. The van der Waals surface area contributed by atoms with Crippen LogP contribution < -0.4 is 0 Å². The molecule has 1 aromatic heterocycles. The van der Waals surface area contributed by atoms with Crippen molar-refractivity contribution in [2.45, 2.75) is 26.0 Å². The molecule has 1 N–H and O–H groups in total. The van der Waals surface area contributed by atoms with Gasteiger partial charge in [0.15, 0.2) is 0 Å². The van der Waals surface area contributed by atoms with E-state index in [4.69, 9.17) is 4.74 Å². The lowest BCUT2D eigenvalue weighted by Gasteiger charge is -2.37. The molecular weight excluding hydrogens is 304 g/mol. The van der Waals surface area contributed by atoms with Gasteiger partial charge in [0.05, 0.1) is 30.9 Å². The molecule has 1 aliphatic rings. The second kappa shape index (κ2) is 7.11. The van der Waals surface area contributed by atoms with Gasteiger partial charge in [-0.15, -0.1) is 0 Å². The van der Waals surface area contributed by atoms with Gasteiger partial charge in [0.25, 0.3) is 5.91 Å². The average molecular weight is 326 g/mol. The number of aromatic nitrogens is 1. The van der Waals surface area contributed by atoms with E-state index in [1.165, 1.54) is 5.56 Å². The molecule has 0 unspecified atom stereocenters. The van der Waals surface area contributed by atoms with Crippen molar-refractivity contribution < 1.29 is 14.6 Å². The molecule has 126 valence electrons. The SMILES string of the molecule is Cc1ccc(-c2cncc(C(=O)N3C[C@@H](CO)OC[C@@H]3C)c2)cc1. The summed E-state index contributed by atoms with van der Waals surface area (Å²) < 4.78 is 5.50. The molecule has 1 amide bonds. The number of nitrogens with zero attached hydrogens (tertiary/aromatic N) is 2. The topological polar surface area (TPSA) is 62.7 Å². The van der Waals surface area contributed by atoms with Crippen LogP contribution in [0.15, 0.2) is 42.7 Å². The molecule has 1 aromatic carbocycles. The van der Waals surface area contributed by atoms with E-state index in [9.17, 15) is 9.90 Å². The maximum Gasteiger partial charge on any atom is 0.255 e. The van der Waals surface area contributed by atoms with E-state index in [0.717, 1.165) is 11.1 Å². The fraction of sp³-hybridized carbons (Fsp3) is 0.368. The van der Waals surface area contributed by atoms with Gasteiger partial charge in [0, 0.05) is 24.5 Å². The zero-order valence-electron chi connectivity index (χ0n) is 14.0. The Labute approximate surface area is 141 Å².